The van der Waals surface area contributed by atoms with Crippen LogP contribution in [0.25, 0.3) is 0 Å². The van der Waals surface area contributed by atoms with Gasteiger partial charge in [0.1, 0.15) is 0 Å². The number of hydrogen-bond donors (Lipinski definition) is 3. The van der Waals surface area contributed by atoms with E-state index in [2.05, 4.69) is 50.4 Å². The number of likely N-dealkylation sites (tertiary alicyclic amines) is 1. The summed E-state index contributed by atoms with van der Waals surface area (Å²) in [5, 5.41) is 17.8. The van der Waals surface area contributed by atoms with Crippen molar-refractivity contribution in [3.63, 3.8) is 0 Å². The van der Waals surface area contributed by atoms with E-state index in [1.165, 1.54) is 5.56 Å². The van der Waals surface area contributed by atoms with Gasteiger partial charge in [-0.05, 0) is 57.5 Å². The molecule has 1 aromatic rings. The van der Waals surface area contributed by atoms with E-state index >= 15 is 0 Å². The fraction of sp³-hybridized carbons (Fsp3) is 0.500. The van der Waals surface area contributed by atoms with E-state index in [4.69, 9.17) is 19.8 Å². The molecule has 26 heavy (non-hydrogen) atoms. The van der Waals surface area contributed by atoms with Crippen LogP contribution in [-0.2, 0) is 20.9 Å². The summed E-state index contributed by atoms with van der Waals surface area (Å²) in [6.45, 7) is 7.02. The summed E-state index contributed by atoms with van der Waals surface area (Å²) < 4.78 is 1.12. The van der Waals surface area contributed by atoms with E-state index in [1.54, 1.807) is 0 Å². The molecular formula is C18H25BrN2O5. The molecule has 1 saturated heterocycles. The molecule has 3 N–H and O–H groups in total. The fourth-order valence-corrected chi connectivity index (χ4v) is 2.87. The topological polar surface area (TPSA) is 107 Å². The number of carbonyl (C=O) groups is 3. The number of carboxylic acid groups (broad SMARTS) is 2. The largest absolute Gasteiger partial charge is 0.473 e. The van der Waals surface area contributed by atoms with E-state index in [0.717, 1.165) is 36.9 Å². The molecule has 7 nitrogen and oxygen atoms in total. The average Bonchev–Trinajstić information content (AvgIpc) is 2.57. The van der Waals surface area contributed by atoms with Crippen LogP contribution in [0.4, 0.5) is 0 Å². The van der Waals surface area contributed by atoms with Crippen LogP contribution in [0.5, 0.6) is 0 Å². The van der Waals surface area contributed by atoms with Crippen LogP contribution in [0.2, 0.25) is 0 Å². The Labute approximate surface area is 161 Å². The van der Waals surface area contributed by atoms with Gasteiger partial charge in [-0.15, -0.1) is 0 Å². The summed E-state index contributed by atoms with van der Waals surface area (Å²) >= 11 is 3.46. The minimum Gasteiger partial charge on any atom is -0.473 e. The van der Waals surface area contributed by atoms with Crippen molar-refractivity contribution in [2.24, 2.45) is 5.92 Å². The van der Waals surface area contributed by atoms with Crippen molar-refractivity contribution in [3.05, 3.63) is 34.3 Å². The molecule has 1 aromatic carbocycles. The zero-order chi connectivity index (χ0) is 19.7. The number of benzene rings is 1. The van der Waals surface area contributed by atoms with Crippen LogP contribution < -0.4 is 5.32 Å². The highest BCUT2D eigenvalue weighted by Gasteiger charge is 2.25. The Morgan fingerprint density at radius 1 is 1.12 bits per heavy atom. The summed E-state index contributed by atoms with van der Waals surface area (Å²) in [4.78, 5) is 32.6. The molecule has 1 amide bonds. The first-order valence-corrected chi connectivity index (χ1v) is 9.21. The second-order valence-corrected chi connectivity index (χ2v) is 7.37. The van der Waals surface area contributed by atoms with Gasteiger partial charge in [-0.25, -0.2) is 9.59 Å². The third-order valence-electron chi connectivity index (χ3n) is 3.89. The maximum Gasteiger partial charge on any atom is 0.414 e. The van der Waals surface area contributed by atoms with Crippen LogP contribution in [0.3, 0.4) is 0 Å². The Bertz CT molecular complexity index is 599. The number of halogens is 1. The van der Waals surface area contributed by atoms with Gasteiger partial charge in [0, 0.05) is 23.0 Å². The van der Waals surface area contributed by atoms with Gasteiger partial charge in [0.2, 0.25) is 5.91 Å². The predicted molar refractivity (Wildman–Crippen MR) is 101 cm³/mol. The molecule has 1 aliphatic heterocycles. The van der Waals surface area contributed by atoms with Gasteiger partial charge < -0.3 is 15.5 Å². The normalized spacial score (nSPS) is 15.1. The maximum atomic E-state index is 12.0. The van der Waals surface area contributed by atoms with Crippen molar-refractivity contribution < 1.29 is 24.6 Å². The van der Waals surface area contributed by atoms with E-state index < -0.39 is 11.9 Å². The predicted octanol–water partition coefficient (Wildman–Crippen LogP) is 2.34. The molecule has 0 spiro atoms. The molecule has 0 saturated carbocycles. The standard InChI is InChI=1S/C16H23BrN2O.C2H2O4/c1-12(2)18-16(20)14-7-9-19(10-8-14)11-13-3-5-15(17)6-4-13;3-1(4)2(5)6/h3-6,12,14H,7-11H2,1-2H3,(H,18,20);(H,3,4)(H,5,6). The number of amides is 1. The van der Waals surface area contributed by atoms with Crippen LogP contribution >= 0.6 is 15.9 Å². The minimum absolute atomic E-state index is 0.193. The van der Waals surface area contributed by atoms with Crippen molar-refractivity contribution in [3.8, 4) is 0 Å². The van der Waals surface area contributed by atoms with Crippen LogP contribution in [0.15, 0.2) is 28.7 Å². The molecular weight excluding hydrogens is 404 g/mol. The number of nitrogens with zero attached hydrogens (tertiary/aromatic N) is 1. The monoisotopic (exact) mass is 428 g/mol. The van der Waals surface area contributed by atoms with Gasteiger partial charge >= 0.3 is 11.9 Å². The minimum atomic E-state index is -1.82. The highest BCUT2D eigenvalue weighted by molar-refractivity contribution is 9.10. The highest BCUT2D eigenvalue weighted by atomic mass is 79.9. The maximum absolute atomic E-state index is 12.0. The summed E-state index contributed by atoms with van der Waals surface area (Å²) in [5.41, 5.74) is 1.33. The van der Waals surface area contributed by atoms with Crippen LogP contribution in [0.1, 0.15) is 32.3 Å². The Balaban J connectivity index is 0.000000487. The zero-order valence-electron chi connectivity index (χ0n) is 14.9. The Morgan fingerprint density at radius 3 is 2.04 bits per heavy atom. The molecule has 1 heterocycles. The smallest absolute Gasteiger partial charge is 0.414 e. The Hall–Kier alpha value is -1.93. The number of nitrogens with one attached hydrogen (secondary N) is 1. The van der Waals surface area contributed by atoms with Gasteiger partial charge in [0.05, 0.1) is 0 Å². The van der Waals surface area contributed by atoms with Gasteiger partial charge in [-0.3, -0.25) is 9.69 Å². The lowest BCUT2D eigenvalue weighted by molar-refractivity contribution is -0.159. The fourth-order valence-electron chi connectivity index (χ4n) is 2.60. The molecule has 0 radical (unpaired) electrons. The third-order valence-corrected chi connectivity index (χ3v) is 4.42. The first kappa shape index (κ1) is 22.1. The Kier molecular flexibility index (Phi) is 9.29. The van der Waals surface area contributed by atoms with E-state index in [9.17, 15) is 4.79 Å². The van der Waals surface area contributed by atoms with Crippen molar-refractivity contribution in [2.45, 2.75) is 39.3 Å². The molecule has 1 fully saturated rings. The first-order valence-electron chi connectivity index (χ1n) is 8.42. The number of carboxylic acids is 2. The summed E-state index contributed by atoms with van der Waals surface area (Å²) in [6, 6.07) is 8.71. The first-order chi connectivity index (χ1) is 12.2. The average molecular weight is 429 g/mol. The summed E-state index contributed by atoms with van der Waals surface area (Å²) in [6.07, 6.45) is 1.93. The second kappa shape index (κ2) is 10.9. The van der Waals surface area contributed by atoms with E-state index in [-0.39, 0.29) is 17.9 Å². The van der Waals surface area contributed by atoms with Crippen LogP contribution in [-0.4, -0.2) is 52.1 Å². The molecule has 2 rings (SSSR count). The molecule has 0 aliphatic carbocycles. The van der Waals surface area contributed by atoms with Crippen molar-refractivity contribution in [2.75, 3.05) is 13.1 Å². The SMILES string of the molecule is CC(C)NC(=O)C1CCN(Cc2ccc(Br)cc2)CC1.O=C(O)C(=O)O. The molecule has 0 atom stereocenters. The molecule has 8 heteroatoms. The zero-order valence-corrected chi connectivity index (χ0v) is 16.5. The van der Waals surface area contributed by atoms with Gasteiger partial charge in [0.15, 0.2) is 0 Å². The third kappa shape index (κ3) is 8.44. The van der Waals surface area contributed by atoms with Crippen molar-refractivity contribution in [1.82, 2.24) is 10.2 Å². The van der Waals surface area contributed by atoms with Crippen LogP contribution in [0, 0.1) is 5.92 Å². The molecule has 1 aliphatic rings. The molecule has 0 unspecified atom stereocenters. The summed E-state index contributed by atoms with van der Waals surface area (Å²) in [5.74, 6) is -3.23. The number of carbonyl (C=O) groups excluding carboxylic acids is 1. The lowest BCUT2D eigenvalue weighted by atomic mass is 9.95. The van der Waals surface area contributed by atoms with Gasteiger partial charge in [-0.1, -0.05) is 28.1 Å². The molecule has 0 bridgehead atoms. The highest BCUT2D eigenvalue weighted by Crippen LogP contribution is 2.20. The number of rotatable bonds is 4. The van der Waals surface area contributed by atoms with Gasteiger partial charge in [0.25, 0.3) is 0 Å². The second-order valence-electron chi connectivity index (χ2n) is 6.45. The number of aliphatic carboxylic acids is 2. The number of piperidine rings is 1. The lowest BCUT2D eigenvalue weighted by Crippen LogP contribution is -2.42. The molecule has 0 aromatic heterocycles. The van der Waals surface area contributed by atoms with Crippen molar-refractivity contribution >= 4 is 33.8 Å². The summed E-state index contributed by atoms with van der Waals surface area (Å²) in [7, 11) is 0. The lowest BCUT2D eigenvalue weighted by Gasteiger charge is -2.31. The number of hydrogen-bond acceptors (Lipinski definition) is 4. The molecule has 144 valence electrons. The van der Waals surface area contributed by atoms with E-state index in [1.807, 2.05) is 13.8 Å². The Morgan fingerprint density at radius 2 is 1.62 bits per heavy atom. The quantitative estimate of drug-likeness (QED) is 0.635. The van der Waals surface area contributed by atoms with E-state index in [0.29, 0.717) is 0 Å². The van der Waals surface area contributed by atoms with Crippen molar-refractivity contribution in [1.29, 1.82) is 0 Å². The van der Waals surface area contributed by atoms with Gasteiger partial charge in [-0.2, -0.15) is 0 Å².